The van der Waals surface area contributed by atoms with E-state index in [2.05, 4.69) is 0 Å². The summed E-state index contributed by atoms with van der Waals surface area (Å²) in [6, 6.07) is 7.04. The van der Waals surface area contributed by atoms with Gasteiger partial charge in [-0.25, -0.2) is 12.7 Å². The summed E-state index contributed by atoms with van der Waals surface area (Å²) in [6.45, 7) is 1.36. The lowest BCUT2D eigenvalue weighted by Gasteiger charge is -2.33. The van der Waals surface area contributed by atoms with Gasteiger partial charge in [0.1, 0.15) is 4.90 Å². The number of hydrogen-bond acceptors (Lipinski definition) is 4. The highest BCUT2D eigenvalue weighted by Crippen LogP contribution is 2.29. The number of aliphatic hydroxyl groups excluding tert-OH is 1. The molecule has 1 aromatic rings. The zero-order chi connectivity index (χ0) is 14.0. The Kier molecular flexibility index (Phi) is 4.13. The lowest BCUT2D eigenvalue weighted by atomic mass is 10.1. The molecule has 0 spiro atoms. The minimum absolute atomic E-state index is 0.270. The van der Waals surface area contributed by atoms with E-state index in [1.165, 1.54) is 18.4 Å². The number of nitrogens with zero attached hydrogens (tertiary/aromatic N) is 2. The van der Waals surface area contributed by atoms with Crippen LogP contribution >= 0.6 is 0 Å². The van der Waals surface area contributed by atoms with Crippen molar-refractivity contribution in [3.63, 3.8) is 0 Å². The lowest BCUT2D eigenvalue weighted by Crippen LogP contribution is -2.37. The van der Waals surface area contributed by atoms with Gasteiger partial charge in [0, 0.05) is 27.2 Å². The van der Waals surface area contributed by atoms with Crippen molar-refractivity contribution < 1.29 is 13.5 Å². The second-order valence-corrected chi connectivity index (χ2v) is 7.09. The minimum atomic E-state index is -3.44. The third-order valence-corrected chi connectivity index (χ3v) is 5.29. The zero-order valence-electron chi connectivity index (χ0n) is 11.3. The van der Waals surface area contributed by atoms with Gasteiger partial charge >= 0.3 is 0 Å². The molecule has 0 saturated carbocycles. The van der Waals surface area contributed by atoms with Gasteiger partial charge in [0.05, 0.1) is 11.8 Å². The topological polar surface area (TPSA) is 60.9 Å². The summed E-state index contributed by atoms with van der Waals surface area (Å²) < 4.78 is 25.8. The van der Waals surface area contributed by atoms with E-state index in [1.54, 1.807) is 12.1 Å². The molecule has 1 aliphatic rings. The second kappa shape index (κ2) is 5.48. The molecule has 5 nitrogen and oxygen atoms in total. The molecule has 106 valence electrons. The average molecular weight is 284 g/mol. The van der Waals surface area contributed by atoms with Gasteiger partial charge in [0.15, 0.2) is 0 Å². The van der Waals surface area contributed by atoms with Crippen molar-refractivity contribution in [2.75, 3.05) is 32.1 Å². The van der Waals surface area contributed by atoms with Crippen molar-refractivity contribution in [2.24, 2.45) is 0 Å². The summed E-state index contributed by atoms with van der Waals surface area (Å²) >= 11 is 0. The van der Waals surface area contributed by atoms with Crippen molar-refractivity contribution in [3.05, 3.63) is 24.3 Å². The number of sulfonamides is 1. The average Bonchev–Trinajstić information content (AvgIpc) is 2.39. The molecule has 1 aliphatic heterocycles. The van der Waals surface area contributed by atoms with Crippen LogP contribution in [0.2, 0.25) is 0 Å². The number of piperidine rings is 1. The van der Waals surface area contributed by atoms with Crippen molar-refractivity contribution in [1.82, 2.24) is 4.31 Å². The zero-order valence-corrected chi connectivity index (χ0v) is 12.1. The minimum Gasteiger partial charge on any atom is -0.393 e. The summed E-state index contributed by atoms with van der Waals surface area (Å²) in [5.74, 6) is 0. The molecule has 0 atom stereocenters. The number of aliphatic hydroxyl groups is 1. The van der Waals surface area contributed by atoms with Crippen LogP contribution in [0, 0.1) is 0 Å². The smallest absolute Gasteiger partial charge is 0.244 e. The largest absolute Gasteiger partial charge is 0.393 e. The van der Waals surface area contributed by atoms with Gasteiger partial charge in [-0.3, -0.25) is 0 Å². The van der Waals surface area contributed by atoms with Gasteiger partial charge < -0.3 is 10.0 Å². The predicted octanol–water partition coefficient (Wildman–Crippen LogP) is 0.898. The van der Waals surface area contributed by atoms with Crippen LogP contribution in [0.1, 0.15) is 12.8 Å². The van der Waals surface area contributed by atoms with E-state index in [1.807, 2.05) is 17.0 Å². The van der Waals surface area contributed by atoms with Gasteiger partial charge in [0.25, 0.3) is 0 Å². The summed E-state index contributed by atoms with van der Waals surface area (Å²) in [7, 11) is -0.374. The first kappa shape index (κ1) is 14.3. The number of para-hydroxylation sites is 1. The molecule has 0 unspecified atom stereocenters. The van der Waals surface area contributed by atoms with Crippen molar-refractivity contribution in [3.8, 4) is 0 Å². The number of hydrogen-bond donors (Lipinski definition) is 1. The summed E-state index contributed by atoms with van der Waals surface area (Å²) in [5.41, 5.74) is 0.725. The molecule has 1 aromatic carbocycles. The third-order valence-electron chi connectivity index (χ3n) is 3.43. The molecule has 0 bridgehead atoms. The van der Waals surface area contributed by atoms with Crippen LogP contribution in [0.5, 0.6) is 0 Å². The van der Waals surface area contributed by atoms with Crippen molar-refractivity contribution in [2.45, 2.75) is 23.8 Å². The fraction of sp³-hybridized carbons (Fsp3) is 0.538. The Hall–Kier alpha value is -1.11. The molecular weight excluding hydrogens is 264 g/mol. The summed E-state index contributed by atoms with van der Waals surface area (Å²) in [4.78, 5) is 2.36. The van der Waals surface area contributed by atoms with Crippen LogP contribution in [0.4, 0.5) is 5.69 Å². The third kappa shape index (κ3) is 2.91. The standard InChI is InChI=1S/C13H20N2O3S/c1-14(2)19(17,18)13-6-4-3-5-12(13)15-9-7-11(16)8-10-15/h3-6,11,16H,7-10H2,1-2H3. The summed E-state index contributed by atoms with van der Waals surface area (Å²) in [6.07, 6.45) is 1.08. The summed E-state index contributed by atoms with van der Waals surface area (Å²) in [5, 5.41) is 9.54. The van der Waals surface area contributed by atoms with E-state index in [0.29, 0.717) is 30.8 Å². The molecular formula is C13H20N2O3S. The highest BCUT2D eigenvalue weighted by molar-refractivity contribution is 7.89. The Morgan fingerprint density at radius 1 is 1.21 bits per heavy atom. The van der Waals surface area contributed by atoms with E-state index in [4.69, 9.17) is 0 Å². The molecule has 1 fully saturated rings. The van der Waals surface area contributed by atoms with Crippen LogP contribution in [-0.2, 0) is 10.0 Å². The fourth-order valence-corrected chi connectivity index (χ4v) is 3.35. The van der Waals surface area contributed by atoms with Gasteiger partial charge in [-0.2, -0.15) is 0 Å². The van der Waals surface area contributed by atoms with E-state index in [0.717, 1.165) is 5.69 Å². The van der Waals surface area contributed by atoms with Crippen LogP contribution in [0.25, 0.3) is 0 Å². The molecule has 1 heterocycles. The van der Waals surface area contributed by atoms with E-state index in [9.17, 15) is 13.5 Å². The normalized spacial score (nSPS) is 18.0. The Morgan fingerprint density at radius 2 is 1.79 bits per heavy atom. The van der Waals surface area contributed by atoms with Crippen LogP contribution in [0.15, 0.2) is 29.2 Å². The molecule has 0 amide bonds. The Bertz CT molecular complexity index is 535. The second-order valence-electron chi connectivity index (χ2n) is 4.97. The maximum atomic E-state index is 12.3. The first-order valence-corrected chi connectivity index (χ1v) is 7.81. The van der Waals surface area contributed by atoms with Crippen LogP contribution < -0.4 is 4.90 Å². The Labute approximate surface area is 114 Å². The number of benzene rings is 1. The van der Waals surface area contributed by atoms with E-state index in [-0.39, 0.29) is 6.10 Å². The van der Waals surface area contributed by atoms with Gasteiger partial charge in [-0.1, -0.05) is 12.1 Å². The highest BCUT2D eigenvalue weighted by Gasteiger charge is 2.25. The van der Waals surface area contributed by atoms with E-state index >= 15 is 0 Å². The fourth-order valence-electron chi connectivity index (χ4n) is 2.24. The molecule has 0 radical (unpaired) electrons. The highest BCUT2D eigenvalue weighted by atomic mass is 32.2. The Morgan fingerprint density at radius 3 is 2.37 bits per heavy atom. The molecule has 2 rings (SSSR count). The number of rotatable bonds is 3. The van der Waals surface area contributed by atoms with Crippen LogP contribution in [-0.4, -0.2) is 51.1 Å². The molecule has 1 N–H and O–H groups in total. The monoisotopic (exact) mass is 284 g/mol. The first-order chi connectivity index (χ1) is 8.93. The molecule has 19 heavy (non-hydrogen) atoms. The first-order valence-electron chi connectivity index (χ1n) is 6.37. The van der Waals surface area contributed by atoms with Gasteiger partial charge in [-0.05, 0) is 25.0 Å². The molecule has 1 saturated heterocycles. The Balaban J connectivity index is 2.37. The lowest BCUT2D eigenvalue weighted by molar-refractivity contribution is 0.145. The maximum Gasteiger partial charge on any atom is 0.244 e. The molecule has 0 aromatic heterocycles. The van der Waals surface area contributed by atoms with Crippen LogP contribution in [0.3, 0.4) is 0 Å². The SMILES string of the molecule is CN(C)S(=O)(=O)c1ccccc1N1CCC(O)CC1. The van der Waals surface area contributed by atoms with Gasteiger partial charge in [-0.15, -0.1) is 0 Å². The maximum absolute atomic E-state index is 12.3. The number of anilines is 1. The van der Waals surface area contributed by atoms with Crippen molar-refractivity contribution in [1.29, 1.82) is 0 Å². The van der Waals surface area contributed by atoms with Crippen molar-refractivity contribution >= 4 is 15.7 Å². The predicted molar refractivity (Wildman–Crippen MR) is 74.8 cm³/mol. The van der Waals surface area contributed by atoms with Gasteiger partial charge in [0.2, 0.25) is 10.0 Å². The molecule has 6 heteroatoms. The quantitative estimate of drug-likeness (QED) is 0.896. The van der Waals surface area contributed by atoms with E-state index < -0.39 is 10.0 Å². The molecule has 0 aliphatic carbocycles.